The molecule has 0 aliphatic rings. The van der Waals surface area contributed by atoms with Gasteiger partial charge in [0.1, 0.15) is 11.6 Å². The van der Waals surface area contributed by atoms with Crippen LogP contribution in [-0.2, 0) is 0 Å². The summed E-state index contributed by atoms with van der Waals surface area (Å²) in [5.74, 6) is 2.16. The van der Waals surface area contributed by atoms with E-state index in [1.165, 1.54) is 49.8 Å². The number of hydrogen-bond acceptors (Lipinski definition) is 3. The van der Waals surface area contributed by atoms with Gasteiger partial charge in [-0.15, -0.1) is 0 Å². The summed E-state index contributed by atoms with van der Waals surface area (Å²) in [6.45, 7) is 0. The summed E-state index contributed by atoms with van der Waals surface area (Å²) in [6.07, 6.45) is 1.37. The lowest BCUT2D eigenvalue weighted by atomic mass is 10.0. The first kappa shape index (κ1) is 40.1. The van der Waals surface area contributed by atoms with E-state index in [-0.39, 0.29) is 0 Å². The number of nitrogens with one attached hydrogen (secondary N) is 1. The molecule has 0 spiro atoms. The average molecular weight is 920 g/mol. The first-order chi connectivity index (χ1) is 35.7. The van der Waals surface area contributed by atoms with E-state index in [0.717, 1.165) is 88.9 Å². The van der Waals surface area contributed by atoms with Gasteiger partial charge >= 0.3 is 0 Å². The van der Waals surface area contributed by atoms with Crippen LogP contribution in [0.2, 0.25) is 0 Å². The third kappa shape index (κ3) is 5.94. The molecule has 5 heterocycles. The highest BCUT2D eigenvalue weighted by atomic mass is 15.1. The molecule has 0 saturated heterocycles. The number of para-hydroxylation sites is 6. The highest BCUT2D eigenvalue weighted by Gasteiger charge is 2.22. The number of aromatic nitrogens is 6. The molecular weight excluding hydrogens is 879 g/mol. The van der Waals surface area contributed by atoms with E-state index < -0.39 is 0 Å². The van der Waals surface area contributed by atoms with Crippen molar-refractivity contribution in [1.82, 2.24) is 28.2 Å². The van der Waals surface area contributed by atoms with E-state index in [1.807, 2.05) is 12.1 Å². The smallest absolute Gasteiger partial charge is 0.163 e. The standard InChI is InChI=1S/C65H41N7/c66-40-41-25-27-42(28-26-41)43-29-31-44(32-30-43)65-67-63(71-59-23-11-5-17-51(59)53-37-45(33-35-61(53)71)69-55-19-7-1-13-47(55)48-14-2-8-20-56(48)69)39-64(68-65)72-60-24-12-6-18-52(60)54-38-46(34-36-62(54)72)70-57-21-9-3-15-49(57)50-16-4-10-22-58(50)70/h1-40,66H. The average Bonchev–Trinajstić information content (AvgIpc) is 4.18. The number of benzene rings is 10. The molecule has 72 heavy (non-hydrogen) atoms. The summed E-state index contributed by atoms with van der Waals surface area (Å²) in [7, 11) is 0. The maximum atomic E-state index is 7.70. The van der Waals surface area contributed by atoms with E-state index in [4.69, 9.17) is 15.4 Å². The summed E-state index contributed by atoms with van der Waals surface area (Å²) in [4.78, 5) is 11.0. The molecule has 0 saturated carbocycles. The van der Waals surface area contributed by atoms with Gasteiger partial charge in [-0.2, -0.15) is 0 Å². The van der Waals surface area contributed by atoms with Crippen LogP contribution in [0.5, 0.6) is 0 Å². The minimum Gasteiger partial charge on any atom is -0.309 e. The summed E-state index contributed by atoms with van der Waals surface area (Å²) >= 11 is 0. The zero-order valence-electron chi connectivity index (χ0n) is 38.8. The maximum absolute atomic E-state index is 7.70. The molecule has 0 amide bonds. The van der Waals surface area contributed by atoms with E-state index in [1.54, 1.807) is 0 Å². The summed E-state index contributed by atoms with van der Waals surface area (Å²) < 4.78 is 9.39. The van der Waals surface area contributed by atoms with Crippen molar-refractivity contribution < 1.29 is 0 Å². The quantitative estimate of drug-likeness (QED) is 0.162. The number of rotatable bonds is 7. The van der Waals surface area contributed by atoms with Gasteiger partial charge in [-0.05, 0) is 89.5 Å². The Morgan fingerprint density at radius 1 is 0.278 bits per heavy atom. The molecule has 15 aromatic rings. The van der Waals surface area contributed by atoms with Crippen LogP contribution in [0.15, 0.2) is 237 Å². The lowest BCUT2D eigenvalue weighted by Gasteiger charge is -2.15. The van der Waals surface area contributed by atoms with Gasteiger partial charge in [0, 0.05) is 72.3 Å². The number of nitrogens with zero attached hydrogens (tertiary/aromatic N) is 6. The minimum absolute atomic E-state index is 0.619. The van der Waals surface area contributed by atoms with Gasteiger partial charge in [-0.25, -0.2) is 9.97 Å². The molecule has 0 aliphatic heterocycles. The molecule has 15 rings (SSSR count). The van der Waals surface area contributed by atoms with Gasteiger partial charge in [-0.3, -0.25) is 9.13 Å². The summed E-state index contributed by atoms with van der Waals surface area (Å²) in [5, 5.41) is 17.2. The van der Waals surface area contributed by atoms with Crippen LogP contribution in [-0.4, -0.2) is 34.5 Å². The molecule has 10 aromatic carbocycles. The van der Waals surface area contributed by atoms with Crippen LogP contribution in [0.25, 0.3) is 133 Å². The second kappa shape index (κ2) is 15.6. The Kier molecular flexibility index (Phi) is 8.67. The lowest BCUT2D eigenvalue weighted by Crippen LogP contribution is -2.06. The van der Waals surface area contributed by atoms with Crippen molar-refractivity contribution in [3.8, 4) is 45.5 Å². The van der Waals surface area contributed by atoms with Gasteiger partial charge in [0.15, 0.2) is 5.82 Å². The Balaban J connectivity index is 0.962. The number of hydrogen-bond donors (Lipinski definition) is 1. The molecular formula is C65H41N7. The predicted molar refractivity (Wildman–Crippen MR) is 298 cm³/mol. The fourth-order valence-electron chi connectivity index (χ4n) is 11.5. The minimum atomic E-state index is 0.619. The van der Waals surface area contributed by atoms with Crippen molar-refractivity contribution >= 4 is 93.4 Å². The largest absolute Gasteiger partial charge is 0.309 e. The Hall–Kier alpha value is -9.85. The molecule has 336 valence electrons. The van der Waals surface area contributed by atoms with E-state index >= 15 is 0 Å². The third-order valence-corrected chi connectivity index (χ3v) is 14.7. The Bertz CT molecular complexity index is 4340. The van der Waals surface area contributed by atoms with Crippen molar-refractivity contribution in [2.24, 2.45) is 0 Å². The lowest BCUT2D eigenvalue weighted by molar-refractivity contribution is 0.993. The molecule has 0 unspecified atom stereocenters. The molecule has 0 bridgehead atoms. The first-order valence-corrected chi connectivity index (χ1v) is 24.3. The Labute approximate surface area is 412 Å². The van der Waals surface area contributed by atoms with Crippen LogP contribution >= 0.6 is 0 Å². The van der Waals surface area contributed by atoms with Crippen LogP contribution in [0.1, 0.15) is 5.56 Å². The van der Waals surface area contributed by atoms with Crippen LogP contribution < -0.4 is 0 Å². The zero-order valence-corrected chi connectivity index (χ0v) is 38.8. The van der Waals surface area contributed by atoms with Crippen LogP contribution in [0.4, 0.5) is 0 Å². The molecule has 0 aliphatic carbocycles. The van der Waals surface area contributed by atoms with Crippen molar-refractivity contribution in [2.45, 2.75) is 0 Å². The highest BCUT2D eigenvalue weighted by Crippen LogP contribution is 2.40. The van der Waals surface area contributed by atoms with Crippen LogP contribution in [0.3, 0.4) is 0 Å². The third-order valence-electron chi connectivity index (χ3n) is 14.7. The van der Waals surface area contributed by atoms with Crippen molar-refractivity contribution in [3.05, 3.63) is 242 Å². The van der Waals surface area contributed by atoms with E-state index in [0.29, 0.717) is 5.82 Å². The van der Waals surface area contributed by atoms with E-state index in [2.05, 4.69) is 243 Å². The van der Waals surface area contributed by atoms with Crippen LogP contribution in [0, 0.1) is 5.41 Å². The number of fused-ring (bicyclic) bond motifs is 12. The van der Waals surface area contributed by atoms with Crippen molar-refractivity contribution in [1.29, 1.82) is 5.41 Å². The fourth-order valence-corrected chi connectivity index (χ4v) is 11.5. The second-order valence-electron chi connectivity index (χ2n) is 18.6. The molecule has 5 aromatic heterocycles. The second-order valence-corrected chi connectivity index (χ2v) is 18.6. The normalized spacial score (nSPS) is 11.9. The molecule has 1 N–H and O–H groups in total. The maximum Gasteiger partial charge on any atom is 0.163 e. The van der Waals surface area contributed by atoms with Gasteiger partial charge in [0.05, 0.1) is 44.1 Å². The summed E-state index contributed by atoms with van der Waals surface area (Å²) in [5.41, 5.74) is 15.1. The SMILES string of the molecule is N=Cc1ccc(-c2ccc(-c3nc(-n4c5ccccc5c5cc(-n6c7ccccc7c7ccccc76)ccc54)cc(-n4c5ccccc5c5cc(-n6c7ccccc7c7ccccc76)ccc54)n3)cc2)cc1. The fraction of sp³-hybridized carbons (Fsp3) is 0. The highest BCUT2D eigenvalue weighted by molar-refractivity contribution is 6.14. The predicted octanol–water partition coefficient (Wildman–Crippen LogP) is 16.2. The van der Waals surface area contributed by atoms with E-state index in [9.17, 15) is 0 Å². The Morgan fingerprint density at radius 2 is 0.583 bits per heavy atom. The monoisotopic (exact) mass is 919 g/mol. The molecule has 7 nitrogen and oxygen atoms in total. The molecule has 0 atom stereocenters. The molecule has 0 fully saturated rings. The van der Waals surface area contributed by atoms with Gasteiger partial charge in [-0.1, -0.05) is 158 Å². The Morgan fingerprint density at radius 3 is 0.958 bits per heavy atom. The summed E-state index contributed by atoms with van der Waals surface area (Å²) in [6, 6.07) is 84.5. The topological polar surface area (TPSA) is 69.3 Å². The van der Waals surface area contributed by atoms with Gasteiger partial charge in [0.25, 0.3) is 0 Å². The van der Waals surface area contributed by atoms with Crippen molar-refractivity contribution in [2.75, 3.05) is 0 Å². The first-order valence-electron chi connectivity index (χ1n) is 24.3. The zero-order chi connectivity index (χ0) is 47.4. The van der Waals surface area contributed by atoms with Gasteiger partial charge < -0.3 is 14.5 Å². The van der Waals surface area contributed by atoms with Gasteiger partial charge in [0.2, 0.25) is 0 Å². The van der Waals surface area contributed by atoms with Crippen molar-refractivity contribution in [3.63, 3.8) is 0 Å². The molecule has 7 heteroatoms. The molecule has 0 radical (unpaired) electrons.